The minimum absolute atomic E-state index is 0.148. The number of carbonyl (C=O) groups is 2. The zero-order chi connectivity index (χ0) is 15.6. The average Bonchev–Trinajstić information content (AvgIpc) is 3.04. The van der Waals surface area contributed by atoms with E-state index in [0.29, 0.717) is 0 Å². The summed E-state index contributed by atoms with van der Waals surface area (Å²) in [6.45, 7) is 0. The highest BCUT2D eigenvalue weighted by Crippen LogP contribution is 2.45. The van der Waals surface area contributed by atoms with Crippen molar-refractivity contribution in [2.75, 3.05) is 10.6 Å². The lowest BCUT2D eigenvalue weighted by Crippen LogP contribution is -2.58. The van der Waals surface area contributed by atoms with Gasteiger partial charge in [-0.3, -0.25) is 9.59 Å². The maximum absolute atomic E-state index is 12.8. The van der Waals surface area contributed by atoms with E-state index in [-0.39, 0.29) is 11.8 Å². The van der Waals surface area contributed by atoms with Gasteiger partial charge in [0.25, 0.3) is 11.8 Å². The topological polar surface area (TPSA) is 70.2 Å². The monoisotopic (exact) mass is 325 g/mol. The first kappa shape index (κ1) is 13.1. The summed E-state index contributed by atoms with van der Waals surface area (Å²) >= 11 is 1.63. The van der Waals surface area contributed by atoms with Crippen LogP contribution in [0.2, 0.25) is 0 Å². The minimum atomic E-state index is -1.19. The van der Waals surface area contributed by atoms with E-state index in [0.717, 1.165) is 41.1 Å². The molecule has 116 valence electrons. The Balaban J connectivity index is 1.68. The lowest BCUT2D eigenvalue weighted by atomic mass is 9.92. The molecule has 1 spiro atoms. The average molecular weight is 325 g/mol. The van der Waals surface area contributed by atoms with Crippen molar-refractivity contribution in [1.29, 1.82) is 0 Å². The number of nitrogens with one attached hydrogen (secondary N) is 3. The standard InChI is InChI=1S/C17H15N3O2S/c21-14-13-9-5-1-4-8-12(9)23-15(13)20-17(19-14)10-6-2-3-7-11(10)18-16(17)22/h2-3,6-7,20H,1,4-5,8H2,(H,18,22)(H,19,21)/t17-/m1/s1. The van der Waals surface area contributed by atoms with E-state index in [4.69, 9.17) is 0 Å². The third-order valence-electron chi connectivity index (χ3n) is 4.92. The van der Waals surface area contributed by atoms with Gasteiger partial charge in [-0.25, -0.2) is 0 Å². The van der Waals surface area contributed by atoms with Crippen LogP contribution < -0.4 is 16.0 Å². The molecule has 0 radical (unpaired) electrons. The number of rotatable bonds is 0. The van der Waals surface area contributed by atoms with Crippen LogP contribution in [-0.4, -0.2) is 11.8 Å². The highest BCUT2D eigenvalue weighted by Gasteiger charge is 2.52. The van der Waals surface area contributed by atoms with Crippen LogP contribution in [-0.2, 0) is 23.3 Å². The molecule has 1 aromatic heterocycles. The fraction of sp³-hybridized carbons (Fsp3) is 0.294. The Hall–Kier alpha value is -2.34. The van der Waals surface area contributed by atoms with Crippen molar-refractivity contribution >= 4 is 33.8 Å². The van der Waals surface area contributed by atoms with E-state index in [1.807, 2.05) is 24.3 Å². The molecular formula is C17H15N3O2S. The van der Waals surface area contributed by atoms with E-state index in [2.05, 4.69) is 16.0 Å². The van der Waals surface area contributed by atoms with Gasteiger partial charge in [0.2, 0.25) is 5.66 Å². The molecule has 3 N–H and O–H groups in total. The Morgan fingerprint density at radius 2 is 1.87 bits per heavy atom. The molecule has 5 nitrogen and oxygen atoms in total. The quantitative estimate of drug-likeness (QED) is 0.697. The summed E-state index contributed by atoms with van der Waals surface area (Å²) in [6.07, 6.45) is 4.27. The van der Waals surface area contributed by atoms with Gasteiger partial charge in [0.05, 0.1) is 5.56 Å². The number of carbonyl (C=O) groups excluding carboxylic acids is 2. The molecule has 0 saturated heterocycles. The molecule has 2 aliphatic heterocycles. The van der Waals surface area contributed by atoms with E-state index in [1.165, 1.54) is 16.9 Å². The van der Waals surface area contributed by atoms with Gasteiger partial charge in [-0.2, -0.15) is 0 Å². The number of amides is 2. The van der Waals surface area contributed by atoms with Gasteiger partial charge < -0.3 is 16.0 Å². The number of hydrogen-bond donors (Lipinski definition) is 3. The molecule has 3 aliphatic rings. The maximum Gasteiger partial charge on any atom is 0.275 e. The van der Waals surface area contributed by atoms with E-state index in [1.54, 1.807) is 11.3 Å². The molecule has 0 unspecified atom stereocenters. The van der Waals surface area contributed by atoms with E-state index in [9.17, 15) is 9.59 Å². The van der Waals surface area contributed by atoms with Crippen molar-refractivity contribution in [3.05, 3.63) is 45.8 Å². The second-order valence-electron chi connectivity index (χ2n) is 6.24. The predicted octanol–water partition coefficient (Wildman–Crippen LogP) is 2.59. The number of para-hydroxylation sites is 1. The molecule has 1 aromatic carbocycles. The molecule has 5 rings (SSSR count). The molecule has 6 heteroatoms. The largest absolute Gasteiger partial charge is 0.342 e. The van der Waals surface area contributed by atoms with Crippen LogP contribution >= 0.6 is 11.3 Å². The Bertz CT molecular complexity index is 873. The third-order valence-corrected chi connectivity index (χ3v) is 6.13. The molecular weight excluding hydrogens is 310 g/mol. The van der Waals surface area contributed by atoms with E-state index >= 15 is 0 Å². The van der Waals surface area contributed by atoms with Gasteiger partial charge in [0, 0.05) is 16.1 Å². The summed E-state index contributed by atoms with van der Waals surface area (Å²) in [5.74, 6) is -0.380. The molecule has 2 amide bonds. The van der Waals surface area contributed by atoms with Crippen LogP contribution in [0.25, 0.3) is 0 Å². The molecule has 3 heterocycles. The van der Waals surface area contributed by atoms with Crippen LogP contribution in [0.4, 0.5) is 10.7 Å². The Morgan fingerprint density at radius 3 is 2.78 bits per heavy atom. The normalized spacial score (nSPS) is 24.3. The van der Waals surface area contributed by atoms with Crippen LogP contribution in [0.15, 0.2) is 24.3 Å². The van der Waals surface area contributed by atoms with E-state index < -0.39 is 5.66 Å². The summed E-state index contributed by atoms with van der Waals surface area (Å²) in [5, 5.41) is 9.96. The highest BCUT2D eigenvalue weighted by molar-refractivity contribution is 7.16. The fourth-order valence-corrected chi connectivity index (χ4v) is 5.18. The van der Waals surface area contributed by atoms with Crippen LogP contribution in [0, 0.1) is 0 Å². The first-order valence-electron chi connectivity index (χ1n) is 7.85. The molecule has 0 bridgehead atoms. The number of benzene rings is 1. The maximum atomic E-state index is 12.8. The van der Waals surface area contributed by atoms with Gasteiger partial charge in [-0.05, 0) is 37.3 Å². The lowest BCUT2D eigenvalue weighted by molar-refractivity contribution is -0.120. The zero-order valence-corrected chi connectivity index (χ0v) is 13.2. The second-order valence-corrected chi connectivity index (χ2v) is 7.35. The smallest absolute Gasteiger partial charge is 0.275 e. The first-order valence-corrected chi connectivity index (χ1v) is 8.67. The van der Waals surface area contributed by atoms with Crippen molar-refractivity contribution in [2.45, 2.75) is 31.3 Å². The molecule has 0 saturated carbocycles. The van der Waals surface area contributed by atoms with Crippen molar-refractivity contribution in [3.63, 3.8) is 0 Å². The summed E-state index contributed by atoms with van der Waals surface area (Å²) in [6, 6.07) is 7.48. The van der Waals surface area contributed by atoms with Crippen molar-refractivity contribution < 1.29 is 9.59 Å². The summed E-state index contributed by atoms with van der Waals surface area (Å²) < 4.78 is 0. The van der Waals surface area contributed by atoms with Gasteiger partial charge in [-0.15, -0.1) is 11.3 Å². The Morgan fingerprint density at radius 1 is 1.04 bits per heavy atom. The zero-order valence-electron chi connectivity index (χ0n) is 12.4. The SMILES string of the molecule is O=C1N[C@]2(Nc3sc4c(c31)CCCC4)C(=O)Nc1ccccc12. The number of aryl methyl sites for hydroxylation is 1. The van der Waals surface area contributed by atoms with Crippen LogP contribution in [0.1, 0.15) is 39.2 Å². The number of fused-ring (bicyclic) bond motifs is 5. The van der Waals surface area contributed by atoms with Crippen molar-refractivity contribution in [1.82, 2.24) is 5.32 Å². The summed E-state index contributed by atoms with van der Waals surface area (Å²) in [4.78, 5) is 26.7. The lowest BCUT2D eigenvalue weighted by Gasteiger charge is -2.34. The number of hydrogen-bond acceptors (Lipinski definition) is 4. The number of thiophene rings is 1. The highest BCUT2D eigenvalue weighted by atomic mass is 32.1. The molecule has 1 atom stereocenters. The molecule has 2 aromatic rings. The minimum Gasteiger partial charge on any atom is -0.342 e. The Labute approximate surface area is 137 Å². The van der Waals surface area contributed by atoms with Crippen LogP contribution in [0.3, 0.4) is 0 Å². The number of anilines is 2. The predicted molar refractivity (Wildman–Crippen MR) is 88.8 cm³/mol. The van der Waals surface area contributed by atoms with Gasteiger partial charge in [0.1, 0.15) is 5.00 Å². The first-order chi connectivity index (χ1) is 11.2. The fourth-order valence-electron chi connectivity index (χ4n) is 3.83. The molecule has 0 fully saturated rings. The van der Waals surface area contributed by atoms with Crippen molar-refractivity contribution in [3.8, 4) is 0 Å². The van der Waals surface area contributed by atoms with Gasteiger partial charge in [-0.1, -0.05) is 18.2 Å². The molecule has 1 aliphatic carbocycles. The van der Waals surface area contributed by atoms with Crippen molar-refractivity contribution in [2.24, 2.45) is 0 Å². The Kier molecular flexibility index (Phi) is 2.48. The van der Waals surface area contributed by atoms with Gasteiger partial charge in [0.15, 0.2) is 0 Å². The third kappa shape index (κ3) is 1.61. The molecule has 23 heavy (non-hydrogen) atoms. The van der Waals surface area contributed by atoms with Crippen LogP contribution in [0.5, 0.6) is 0 Å². The second kappa shape index (κ2) is 4.35. The van der Waals surface area contributed by atoms with Gasteiger partial charge >= 0.3 is 0 Å². The summed E-state index contributed by atoms with van der Waals surface area (Å²) in [5.41, 5.74) is 2.24. The summed E-state index contributed by atoms with van der Waals surface area (Å²) in [7, 11) is 0.